The number of carbonyl (C=O) groups is 5. The summed E-state index contributed by atoms with van der Waals surface area (Å²) in [6.45, 7) is 0. The number of alkyl halides is 3. The first-order valence-corrected chi connectivity index (χ1v) is 18.8. The van der Waals surface area contributed by atoms with Gasteiger partial charge in [0.05, 0.1) is 59.2 Å². The van der Waals surface area contributed by atoms with Crippen molar-refractivity contribution in [1.82, 2.24) is 9.99 Å². The molecule has 1 saturated carbocycles. The van der Waals surface area contributed by atoms with Crippen LogP contribution in [0.5, 0.6) is 17.2 Å². The van der Waals surface area contributed by atoms with Gasteiger partial charge in [-0.2, -0.15) is 18.2 Å². The molecule has 18 heteroatoms. The van der Waals surface area contributed by atoms with E-state index in [1.54, 1.807) is 18.2 Å². The number of nitrogens with one attached hydrogen (secondary N) is 1. The van der Waals surface area contributed by atoms with Crippen LogP contribution in [0.15, 0.2) is 84.6 Å². The monoisotopic (exact) mass is 850 g/mol. The van der Waals surface area contributed by atoms with E-state index in [0.717, 1.165) is 4.90 Å². The molecule has 2 saturated heterocycles. The third-order valence-electron chi connectivity index (χ3n) is 11.7. The molecule has 4 amide bonds. The van der Waals surface area contributed by atoms with Gasteiger partial charge in [0.15, 0.2) is 17.3 Å². The average Bonchev–Trinajstić information content (AvgIpc) is 3.59. The fraction of sp³-hybridized carbons (Fsp3) is 0.268. The van der Waals surface area contributed by atoms with Crippen molar-refractivity contribution in [2.45, 2.75) is 30.4 Å². The maximum Gasteiger partial charge on any atom is 0.417 e. The van der Waals surface area contributed by atoms with Gasteiger partial charge in [0.1, 0.15) is 0 Å². The predicted octanol–water partition coefficient (Wildman–Crippen LogP) is 7.02. The summed E-state index contributed by atoms with van der Waals surface area (Å²) in [7, 11) is 2.61. The molecule has 8 rings (SSSR count). The smallest absolute Gasteiger partial charge is 0.417 e. The summed E-state index contributed by atoms with van der Waals surface area (Å²) >= 11 is 12.6. The molecule has 2 aliphatic heterocycles. The first-order valence-electron chi connectivity index (χ1n) is 18.0. The largest absolute Gasteiger partial charge is 0.502 e. The number of hydrogen-bond acceptors (Lipinski definition) is 10. The zero-order valence-corrected chi connectivity index (χ0v) is 32.3. The topological polar surface area (TPSA) is 176 Å². The Bertz CT molecular complexity index is 2490. The van der Waals surface area contributed by atoms with Gasteiger partial charge in [-0.25, -0.2) is 9.78 Å². The second kappa shape index (κ2) is 14.3. The van der Waals surface area contributed by atoms with Crippen LogP contribution in [0.4, 0.5) is 24.7 Å². The van der Waals surface area contributed by atoms with Crippen molar-refractivity contribution < 1.29 is 56.8 Å². The van der Waals surface area contributed by atoms with Crippen LogP contribution in [-0.2, 0) is 30.8 Å². The van der Waals surface area contributed by atoms with Crippen molar-refractivity contribution in [3.63, 3.8) is 0 Å². The van der Waals surface area contributed by atoms with Crippen LogP contribution in [0.2, 0.25) is 10.0 Å². The fourth-order valence-electron chi connectivity index (χ4n) is 9.27. The number of carboxylic acid groups (broad SMARTS) is 1. The second-order valence-electron chi connectivity index (χ2n) is 14.6. The highest BCUT2D eigenvalue weighted by Crippen LogP contribution is 2.65. The SMILES string of the molecule is COc1cc([C@H]2C3=CC[C@@H]4C(=O)N(c5cccc(C(=O)O)c5)C(=O)[C@@H]4[C@@H]3C[C@H]3C(=O)N(Nc4ncc(C(F)(F)F)cc4Cl)C(=O)[C@@]23c2ccc(Cl)cc2)cc(OC)c1O. The quantitative estimate of drug-likeness (QED) is 0.123. The molecule has 3 heterocycles. The van der Waals surface area contributed by atoms with Crippen molar-refractivity contribution in [3.8, 4) is 17.2 Å². The summed E-state index contributed by atoms with van der Waals surface area (Å²) in [5.74, 6) is -10.4. The third-order valence-corrected chi connectivity index (χ3v) is 12.3. The summed E-state index contributed by atoms with van der Waals surface area (Å²) in [5, 5.41) is 21.1. The lowest BCUT2D eigenvalue weighted by molar-refractivity contribution is -0.139. The number of imide groups is 2. The lowest BCUT2D eigenvalue weighted by Gasteiger charge is -2.50. The fourth-order valence-corrected chi connectivity index (χ4v) is 9.61. The molecule has 304 valence electrons. The van der Waals surface area contributed by atoms with Crippen LogP contribution in [0, 0.1) is 23.7 Å². The number of aromatic carboxylic acids is 1. The summed E-state index contributed by atoms with van der Waals surface area (Å²) < 4.78 is 51.6. The zero-order valence-electron chi connectivity index (χ0n) is 30.8. The number of phenolic OH excluding ortho intramolecular Hbond substituents is 1. The Kier molecular flexibility index (Phi) is 9.62. The first kappa shape index (κ1) is 39.7. The number of nitrogens with zero attached hydrogens (tertiary/aromatic N) is 3. The molecule has 0 spiro atoms. The van der Waals surface area contributed by atoms with Crippen LogP contribution in [-0.4, -0.2) is 64.0 Å². The molecular weight excluding hydrogens is 820 g/mol. The van der Waals surface area contributed by atoms with Gasteiger partial charge in [-0.1, -0.05) is 53.1 Å². The van der Waals surface area contributed by atoms with Crippen molar-refractivity contribution in [2.24, 2.45) is 23.7 Å². The van der Waals surface area contributed by atoms with Crippen LogP contribution >= 0.6 is 23.2 Å². The number of hydrogen-bond donors (Lipinski definition) is 3. The number of halogens is 5. The average molecular weight is 852 g/mol. The van der Waals surface area contributed by atoms with Gasteiger partial charge in [-0.3, -0.25) is 29.5 Å². The van der Waals surface area contributed by atoms with Gasteiger partial charge < -0.3 is 19.7 Å². The number of phenols is 1. The number of ether oxygens (including phenoxy) is 2. The number of methoxy groups -OCH3 is 2. The molecule has 4 aromatic rings. The normalized spacial score (nSPS) is 25.0. The molecule has 0 radical (unpaired) electrons. The van der Waals surface area contributed by atoms with Crippen molar-refractivity contribution >= 4 is 64.3 Å². The number of anilines is 2. The summed E-state index contributed by atoms with van der Waals surface area (Å²) in [4.78, 5) is 75.7. The maximum absolute atomic E-state index is 15.4. The summed E-state index contributed by atoms with van der Waals surface area (Å²) in [6, 6.07) is 15.1. The Morgan fingerprint density at radius 1 is 0.932 bits per heavy atom. The molecule has 0 unspecified atom stereocenters. The van der Waals surface area contributed by atoms with E-state index in [1.165, 1.54) is 62.8 Å². The van der Waals surface area contributed by atoms with Crippen molar-refractivity contribution in [2.75, 3.05) is 24.5 Å². The number of benzene rings is 3. The van der Waals surface area contributed by atoms with E-state index >= 15 is 4.79 Å². The minimum Gasteiger partial charge on any atom is -0.502 e. The molecule has 6 atom stereocenters. The molecule has 3 aromatic carbocycles. The van der Waals surface area contributed by atoms with E-state index in [0.29, 0.717) is 39.0 Å². The summed E-state index contributed by atoms with van der Waals surface area (Å²) in [6.07, 6.45) is -2.68. The zero-order chi connectivity index (χ0) is 42.3. The highest BCUT2D eigenvalue weighted by atomic mass is 35.5. The van der Waals surface area contributed by atoms with E-state index < -0.39 is 87.2 Å². The number of carboxylic acids is 1. The van der Waals surface area contributed by atoms with Gasteiger partial charge in [0, 0.05) is 17.1 Å². The summed E-state index contributed by atoms with van der Waals surface area (Å²) in [5.41, 5.74) is 0.544. The van der Waals surface area contributed by atoms with Crippen LogP contribution < -0.4 is 19.8 Å². The predicted molar refractivity (Wildman–Crippen MR) is 204 cm³/mol. The Balaban J connectivity index is 1.33. The van der Waals surface area contributed by atoms with Crippen molar-refractivity contribution in [3.05, 3.63) is 117 Å². The lowest BCUT2D eigenvalue weighted by Crippen LogP contribution is -2.53. The van der Waals surface area contributed by atoms with Gasteiger partial charge in [-0.15, -0.1) is 0 Å². The number of rotatable bonds is 8. The molecule has 13 nitrogen and oxygen atoms in total. The maximum atomic E-state index is 15.4. The van der Waals surface area contributed by atoms with Crippen molar-refractivity contribution in [1.29, 1.82) is 0 Å². The third kappa shape index (κ3) is 6.06. The Morgan fingerprint density at radius 2 is 1.61 bits per heavy atom. The highest BCUT2D eigenvalue weighted by Gasteiger charge is 2.70. The van der Waals surface area contributed by atoms with Crippen LogP contribution in [0.3, 0.4) is 0 Å². The molecule has 0 bridgehead atoms. The van der Waals surface area contributed by atoms with E-state index in [1.807, 2.05) is 0 Å². The van der Waals surface area contributed by atoms with Gasteiger partial charge in [0.2, 0.25) is 17.6 Å². The number of fused-ring (bicyclic) bond motifs is 4. The number of aromatic hydroxyl groups is 1. The molecule has 4 aliphatic rings. The number of carbonyl (C=O) groups excluding carboxylic acids is 4. The molecule has 3 N–H and O–H groups in total. The Morgan fingerprint density at radius 3 is 2.22 bits per heavy atom. The minimum atomic E-state index is -4.79. The van der Waals surface area contributed by atoms with E-state index in [2.05, 4.69) is 10.4 Å². The standard InChI is InChI=1S/C41H31Cl2F3N4O9/c1-58-29-13-19(14-30(59-2)33(29)51)32-24-10-11-25-31(37(54)49(35(25)52)23-5-3-4-18(12-23)38(55)56)26(24)16-27-36(53)50(39(57)40(27,32)20-6-8-22(42)9-7-20)48-34-28(43)15-21(17-47-34)41(44,45)46/h3-10,12-15,17,25-27,31-32,51H,11,16H2,1-2H3,(H,47,48)(H,55,56)/t25-,26+,27-,31-,32-,40+/m0/s1. The van der Waals surface area contributed by atoms with E-state index in [4.69, 9.17) is 32.7 Å². The lowest BCUT2D eigenvalue weighted by atomic mass is 9.49. The molecule has 59 heavy (non-hydrogen) atoms. The number of aromatic nitrogens is 1. The van der Waals surface area contributed by atoms with E-state index in [9.17, 15) is 42.6 Å². The van der Waals surface area contributed by atoms with E-state index in [-0.39, 0.29) is 41.3 Å². The molecule has 3 fully saturated rings. The minimum absolute atomic E-state index is 0.0234. The molecule has 1 aromatic heterocycles. The van der Waals surface area contributed by atoms with Crippen LogP contribution in [0.25, 0.3) is 0 Å². The van der Waals surface area contributed by atoms with Crippen LogP contribution in [0.1, 0.15) is 45.8 Å². The van der Waals surface area contributed by atoms with Gasteiger partial charge in [0.25, 0.3) is 11.8 Å². The van der Waals surface area contributed by atoms with Gasteiger partial charge >= 0.3 is 12.1 Å². The Labute approximate surface area is 342 Å². The molecule has 2 aliphatic carbocycles. The highest BCUT2D eigenvalue weighted by molar-refractivity contribution is 6.33. The number of amides is 4. The van der Waals surface area contributed by atoms with Gasteiger partial charge in [-0.05, 0) is 78.4 Å². The molecular formula is C41H31Cl2F3N4O9. The number of hydrazine groups is 1. The first-order chi connectivity index (χ1) is 28.0. The number of allylic oxidation sites excluding steroid dienone is 2. The Hall–Kier alpha value is -6.13. The second-order valence-corrected chi connectivity index (χ2v) is 15.4. The number of pyridine rings is 1.